The predicted molar refractivity (Wildman–Crippen MR) is 97.1 cm³/mol. The Morgan fingerprint density at radius 1 is 1.21 bits per heavy atom. The van der Waals surface area contributed by atoms with Gasteiger partial charge in [0.05, 0.1) is 16.0 Å². The summed E-state index contributed by atoms with van der Waals surface area (Å²) in [6.45, 7) is 5.44. The number of thiophene rings is 1. The summed E-state index contributed by atoms with van der Waals surface area (Å²) in [5.41, 5.74) is 0.540. The van der Waals surface area contributed by atoms with E-state index in [0.717, 1.165) is 0 Å². The lowest BCUT2D eigenvalue weighted by atomic mass is 10.2. The molecule has 2 amide bonds. The molecule has 1 heterocycles. The van der Waals surface area contributed by atoms with Crippen molar-refractivity contribution in [2.75, 3.05) is 5.32 Å². The summed E-state index contributed by atoms with van der Waals surface area (Å²) in [5, 5.41) is 7.60. The SMILES string of the molecule is CC(C)Oc1ccc(NC(=O)C(C)NC(=O)c2cccs2)cc1Cl. The van der Waals surface area contributed by atoms with E-state index >= 15 is 0 Å². The van der Waals surface area contributed by atoms with Gasteiger partial charge >= 0.3 is 0 Å². The fraction of sp³-hybridized carbons (Fsp3) is 0.294. The van der Waals surface area contributed by atoms with Gasteiger partial charge in [-0.1, -0.05) is 17.7 Å². The lowest BCUT2D eigenvalue weighted by Crippen LogP contribution is -2.41. The number of rotatable bonds is 6. The van der Waals surface area contributed by atoms with Gasteiger partial charge in [-0.2, -0.15) is 0 Å². The van der Waals surface area contributed by atoms with Crippen LogP contribution in [0.3, 0.4) is 0 Å². The van der Waals surface area contributed by atoms with E-state index < -0.39 is 6.04 Å². The van der Waals surface area contributed by atoms with E-state index in [9.17, 15) is 9.59 Å². The van der Waals surface area contributed by atoms with Gasteiger partial charge in [-0.15, -0.1) is 11.3 Å². The summed E-state index contributed by atoms with van der Waals surface area (Å²) < 4.78 is 5.55. The number of halogens is 1. The van der Waals surface area contributed by atoms with E-state index in [1.165, 1.54) is 11.3 Å². The van der Waals surface area contributed by atoms with Crippen LogP contribution in [0.4, 0.5) is 5.69 Å². The van der Waals surface area contributed by atoms with Crippen LogP contribution in [0, 0.1) is 0 Å². The molecule has 0 saturated carbocycles. The number of ether oxygens (including phenoxy) is 1. The molecular weight excluding hydrogens is 348 g/mol. The third-order valence-corrected chi connectivity index (χ3v) is 4.21. The molecule has 0 bridgehead atoms. The highest BCUT2D eigenvalue weighted by Crippen LogP contribution is 2.28. The van der Waals surface area contributed by atoms with E-state index in [-0.39, 0.29) is 17.9 Å². The maximum absolute atomic E-state index is 12.2. The minimum absolute atomic E-state index is 0.00965. The second-order valence-electron chi connectivity index (χ2n) is 5.47. The van der Waals surface area contributed by atoms with E-state index in [2.05, 4.69) is 10.6 Å². The zero-order valence-corrected chi connectivity index (χ0v) is 15.2. The van der Waals surface area contributed by atoms with Gasteiger partial charge in [-0.05, 0) is 50.4 Å². The fourth-order valence-corrected chi connectivity index (χ4v) is 2.77. The summed E-state index contributed by atoms with van der Waals surface area (Å²) in [6.07, 6.45) is 0.00965. The third-order valence-electron chi connectivity index (χ3n) is 3.05. The standard InChI is InChI=1S/C17H19ClN2O3S/c1-10(2)23-14-7-6-12(9-13(14)18)20-16(21)11(3)19-17(22)15-5-4-8-24-15/h4-11H,1-3H3,(H,19,22)(H,20,21). The van der Waals surface area contributed by atoms with Crippen LogP contribution in [0.15, 0.2) is 35.7 Å². The van der Waals surface area contributed by atoms with Crippen molar-refractivity contribution in [1.29, 1.82) is 0 Å². The highest BCUT2D eigenvalue weighted by molar-refractivity contribution is 7.12. The predicted octanol–water partition coefficient (Wildman–Crippen LogP) is 3.95. The minimum atomic E-state index is -0.676. The maximum Gasteiger partial charge on any atom is 0.261 e. The van der Waals surface area contributed by atoms with E-state index in [4.69, 9.17) is 16.3 Å². The van der Waals surface area contributed by atoms with Crippen molar-refractivity contribution >= 4 is 40.4 Å². The molecule has 0 aliphatic carbocycles. The first-order valence-electron chi connectivity index (χ1n) is 7.48. The number of carbonyl (C=O) groups excluding carboxylic acids is 2. The van der Waals surface area contributed by atoms with Gasteiger partial charge in [-0.3, -0.25) is 9.59 Å². The Morgan fingerprint density at radius 3 is 2.54 bits per heavy atom. The first-order chi connectivity index (χ1) is 11.4. The first kappa shape index (κ1) is 18.3. The molecule has 24 heavy (non-hydrogen) atoms. The molecule has 2 aromatic rings. The van der Waals surface area contributed by atoms with E-state index in [1.807, 2.05) is 19.2 Å². The summed E-state index contributed by atoms with van der Waals surface area (Å²) in [6, 6.07) is 7.84. The highest BCUT2D eigenvalue weighted by atomic mass is 35.5. The van der Waals surface area contributed by atoms with Crippen LogP contribution in [0.5, 0.6) is 5.75 Å². The van der Waals surface area contributed by atoms with Crippen molar-refractivity contribution in [2.24, 2.45) is 0 Å². The normalized spacial score (nSPS) is 11.9. The van der Waals surface area contributed by atoms with Crippen molar-refractivity contribution < 1.29 is 14.3 Å². The summed E-state index contributed by atoms with van der Waals surface area (Å²) >= 11 is 7.47. The van der Waals surface area contributed by atoms with Crippen LogP contribution in [0.2, 0.25) is 5.02 Å². The van der Waals surface area contributed by atoms with Crippen molar-refractivity contribution in [2.45, 2.75) is 32.9 Å². The van der Waals surface area contributed by atoms with Crippen molar-refractivity contribution in [3.63, 3.8) is 0 Å². The highest BCUT2D eigenvalue weighted by Gasteiger charge is 2.17. The third kappa shape index (κ3) is 4.97. The van der Waals surface area contributed by atoms with E-state index in [1.54, 1.807) is 37.3 Å². The molecule has 1 atom stereocenters. The van der Waals surface area contributed by atoms with Gasteiger partial charge in [0.2, 0.25) is 5.91 Å². The Labute approximate surface area is 150 Å². The van der Waals surface area contributed by atoms with Gasteiger partial charge in [0.25, 0.3) is 5.91 Å². The van der Waals surface area contributed by atoms with Crippen molar-refractivity contribution in [3.8, 4) is 5.75 Å². The Kier molecular flexibility index (Phi) is 6.23. The molecule has 2 N–H and O–H groups in total. The molecule has 1 unspecified atom stereocenters. The van der Waals surface area contributed by atoms with Crippen LogP contribution in [0.1, 0.15) is 30.4 Å². The number of amides is 2. The van der Waals surface area contributed by atoms with Crippen LogP contribution in [-0.4, -0.2) is 24.0 Å². The number of hydrogen-bond donors (Lipinski definition) is 2. The Bertz CT molecular complexity index is 717. The second kappa shape index (κ2) is 8.17. The Hall–Kier alpha value is -2.05. The molecule has 2 rings (SSSR count). The quantitative estimate of drug-likeness (QED) is 0.813. The molecule has 0 saturated heterocycles. The fourth-order valence-electron chi connectivity index (χ4n) is 1.92. The number of anilines is 1. The van der Waals surface area contributed by atoms with Crippen LogP contribution < -0.4 is 15.4 Å². The molecular formula is C17H19ClN2O3S. The smallest absolute Gasteiger partial charge is 0.261 e. The van der Waals surface area contributed by atoms with Crippen molar-refractivity contribution in [3.05, 3.63) is 45.6 Å². The molecule has 0 fully saturated rings. The van der Waals surface area contributed by atoms with Crippen molar-refractivity contribution in [1.82, 2.24) is 5.32 Å². The molecule has 0 aliphatic heterocycles. The van der Waals surface area contributed by atoms with Gasteiger partial charge < -0.3 is 15.4 Å². The number of carbonyl (C=O) groups is 2. The lowest BCUT2D eigenvalue weighted by Gasteiger charge is -2.15. The minimum Gasteiger partial charge on any atom is -0.489 e. The van der Waals surface area contributed by atoms with E-state index in [0.29, 0.717) is 21.3 Å². The number of nitrogens with one attached hydrogen (secondary N) is 2. The average molecular weight is 367 g/mol. The summed E-state index contributed by atoms with van der Waals surface area (Å²) in [7, 11) is 0. The van der Waals surface area contributed by atoms with Crippen LogP contribution in [-0.2, 0) is 4.79 Å². The maximum atomic E-state index is 12.2. The molecule has 1 aromatic heterocycles. The summed E-state index contributed by atoms with van der Waals surface area (Å²) in [4.78, 5) is 24.7. The average Bonchev–Trinajstić information content (AvgIpc) is 3.04. The van der Waals surface area contributed by atoms with Crippen LogP contribution in [0.25, 0.3) is 0 Å². The van der Waals surface area contributed by atoms with Gasteiger partial charge in [-0.25, -0.2) is 0 Å². The zero-order valence-electron chi connectivity index (χ0n) is 13.6. The largest absolute Gasteiger partial charge is 0.489 e. The van der Waals surface area contributed by atoms with Gasteiger partial charge in [0.1, 0.15) is 11.8 Å². The zero-order chi connectivity index (χ0) is 17.7. The Balaban J connectivity index is 1.96. The first-order valence-corrected chi connectivity index (χ1v) is 8.74. The Morgan fingerprint density at radius 2 is 1.96 bits per heavy atom. The summed E-state index contributed by atoms with van der Waals surface area (Å²) in [5.74, 6) is -0.0384. The number of hydrogen-bond acceptors (Lipinski definition) is 4. The van der Waals surface area contributed by atoms with Gasteiger partial charge in [0, 0.05) is 5.69 Å². The number of benzene rings is 1. The molecule has 1 aromatic carbocycles. The monoisotopic (exact) mass is 366 g/mol. The van der Waals surface area contributed by atoms with Crippen LogP contribution >= 0.6 is 22.9 Å². The molecule has 0 aliphatic rings. The molecule has 5 nitrogen and oxygen atoms in total. The molecule has 0 radical (unpaired) electrons. The molecule has 128 valence electrons. The lowest BCUT2D eigenvalue weighted by molar-refractivity contribution is -0.117. The van der Waals surface area contributed by atoms with Gasteiger partial charge in [0.15, 0.2) is 0 Å². The topological polar surface area (TPSA) is 67.4 Å². The second-order valence-corrected chi connectivity index (χ2v) is 6.83. The molecule has 0 spiro atoms. The molecule has 7 heteroatoms.